The standard InChI is InChI=1S/C14H12BrClFNO2S/c1-8-3-4-10(17)6-14(8)21(19,20)18-13-7-12(16)9(2)5-11(13)15/h3-7,18H,1-2H3. The Bertz CT molecular complexity index is 809. The average molecular weight is 393 g/mol. The lowest BCUT2D eigenvalue weighted by Gasteiger charge is -2.13. The first-order chi connectivity index (χ1) is 9.70. The van der Waals surface area contributed by atoms with Gasteiger partial charge in [0.1, 0.15) is 5.82 Å². The van der Waals surface area contributed by atoms with Crippen LogP contribution < -0.4 is 4.72 Å². The minimum atomic E-state index is -3.90. The van der Waals surface area contributed by atoms with Crippen LogP contribution in [0.3, 0.4) is 0 Å². The van der Waals surface area contributed by atoms with E-state index in [0.717, 1.165) is 11.6 Å². The molecule has 3 nitrogen and oxygen atoms in total. The van der Waals surface area contributed by atoms with Crippen molar-refractivity contribution in [3.05, 3.63) is 56.8 Å². The lowest BCUT2D eigenvalue weighted by atomic mass is 10.2. The maximum Gasteiger partial charge on any atom is 0.262 e. The van der Waals surface area contributed by atoms with E-state index in [1.807, 2.05) is 6.92 Å². The second kappa shape index (κ2) is 5.94. The van der Waals surface area contributed by atoms with E-state index >= 15 is 0 Å². The SMILES string of the molecule is Cc1cc(Br)c(NS(=O)(=O)c2cc(F)ccc2C)cc1Cl. The van der Waals surface area contributed by atoms with Gasteiger partial charge in [0.15, 0.2) is 0 Å². The molecule has 0 aliphatic heterocycles. The average Bonchev–Trinajstić information content (AvgIpc) is 2.38. The predicted octanol–water partition coefficient (Wildman–Crippen LogP) is 4.66. The molecule has 112 valence electrons. The monoisotopic (exact) mass is 391 g/mol. The van der Waals surface area contributed by atoms with Crippen LogP contribution in [0.1, 0.15) is 11.1 Å². The van der Waals surface area contributed by atoms with E-state index in [9.17, 15) is 12.8 Å². The quantitative estimate of drug-likeness (QED) is 0.826. The molecule has 0 atom stereocenters. The van der Waals surface area contributed by atoms with Crippen LogP contribution >= 0.6 is 27.5 Å². The van der Waals surface area contributed by atoms with Crippen molar-refractivity contribution in [1.82, 2.24) is 0 Å². The molecule has 0 amide bonds. The summed E-state index contributed by atoms with van der Waals surface area (Å²) < 4.78 is 41.0. The van der Waals surface area contributed by atoms with Crippen LogP contribution in [-0.4, -0.2) is 8.42 Å². The van der Waals surface area contributed by atoms with Gasteiger partial charge >= 0.3 is 0 Å². The second-order valence-corrected chi connectivity index (χ2v) is 7.51. The number of hydrogen-bond donors (Lipinski definition) is 1. The van der Waals surface area contributed by atoms with E-state index in [2.05, 4.69) is 20.7 Å². The molecule has 7 heteroatoms. The van der Waals surface area contributed by atoms with Crippen LogP contribution in [0, 0.1) is 19.7 Å². The van der Waals surface area contributed by atoms with E-state index in [1.165, 1.54) is 18.2 Å². The molecule has 0 spiro atoms. The molecule has 2 rings (SSSR count). The number of nitrogens with one attached hydrogen (secondary N) is 1. The molecule has 0 aromatic heterocycles. The molecule has 1 N–H and O–H groups in total. The molecule has 2 aromatic carbocycles. The lowest BCUT2D eigenvalue weighted by Crippen LogP contribution is -2.15. The zero-order chi connectivity index (χ0) is 15.8. The zero-order valence-corrected chi connectivity index (χ0v) is 14.4. The lowest BCUT2D eigenvalue weighted by molar-refractivity contribution is 0.594. The Kier molecular flexibility index (Phi) is 4.60. The number of rotatable bonds is 3. The smallest absolute Gasteiger partial charge is 0.262 e. The van der Waals surface area contributed by atoms with Gasteiger partial charge in [0.2, 0.25) is 0 Å². The van der Waals surface area contributed by atoms with E-state index in [1.54, 1.807) is 13.0 Å². The van der Waals surface area contributed by atoms with Gasteiger partial charge in [-0.25, -0.2) is 12.8 Å². The van der Waals surface area contributed by atoms with Crippen molar-refractivity contribution in [2.75, 3.05) is 4.72 Å². The Morgan fingerprint density at radius 1 is 1.14 bits per heavy atom. The summed E-state index contributed by atoms with van der Waals surface area (Å²) in [5.74, 6) is -0.609. The Labute approximate surface area is 136 Å². The van der Waals surface area contributed by atoms with Crippen molar-refractivity contribution in [3.8, 4) is 0 Å². The van der Waals surface area contributed by atoms with Gasteiger partial charge in [-0.3, -0.25) is 4.72 Å². The molecule has 0 saturated heterocycles. The molecule has 0 aliphatic carbocycles. The molecule has 0 saturated carbocycles. The van der Waals surface area contributed by atoms with Gasteiger partial charge in [-0.05, 0) is 65.2 Å². The van der Waals surface area contributed by atoms with Crippen LogP contribution in [0.15, 0.2) is 39.7 Å². The van der Waals surface area contributed by atoms with Gasteiger partial charge in [-0.15, -0.1) is 0 Å². The first-order valence-corrected chi connectivity index (χ1v) is 8.61. The molecule has 0 unspecified atom stereocenters. The van der Waals surface area contributed by atoms with Gasteiger partial charge < -0.3 is 0 Å². The topological polar surface area (TPSA) is 46.2 Å². The first kappa shape index (κ1) is 16.3. The fourth-order valence-corrected chi connectivity index (χ4v) is 3.97. The third-order valence-corrected chi connectivity index (χ3v) is 5.50. The maximum atomic E-state index is 13.3. The van der Waals surface area contributed by atoms with E-state index in [-0.39, 0.29) is 4.90 Å². The number of aryl methyl sites for hydroxylation is 2. The number of anilines is 1. The van der Waals surface area contributed by atoms with E-state index in [4.69, 9.17) is 11.6 Å². The van der Waals surface area contributed by atoms with E-state index in [0.29, 0.717) is 20.7 Å². The van der Waals surface area contributed by atoms with Crippen LogP contribution in [0.5, 0.6) is 0 Å². The van der Waals surface area contributed by atoms with Crippen molar-refractivity contribution in [1.29, 1.82) is 0 Å². The highest BCUT2D eigenvalue weighted by Gasteiger charge is 2.19. The third kappa shape index (κ3) is 3.56. The number of sulfonamides is 1. The summed E-state index contributed by atoms with van der Waals surface area (Å²) in [6.07, 6.45) is 0. The van der Waals surface area contributed by atoms with Gasteiger partial charge in [-0.2, -0.15) is 0 Å². The van der Waals surface area contributed by atoms with Gasteiger partial charge in [-0.1, -0.05) is 17.7 Å². The molecule has 0 heterocycles. The summed E-state index contributed by atoms with van der Waals surface area (Å²) in [4.78, 5) is -0.105. The van der Waals surface area contributed by atoms with Gasteiger partial charge in [0.25, 0.3) is 10.0 Å². The molecule has 21 heavy (non-hydrogen) atoms. The fraction of sp³-hybridized carbons (Fsp3) is 0.143. The Hall–Kier alpha value is -1.11. The van der Waals surface area contributed by atoms with Crippen molar-refractivity contribution < 1.29 is 12.8 Å². The van der Waals surface area contributed by atoms with Crippen LogP contribution in [0.2, 0.25) is 5.02 Å². The maximum absolute atomic E-state index is 13.3. The predicted molar refractivity (Wildman–Crippen MR) is 85.8 cm³/mol. The fourth-order valence-electron chi connectivity index (χ4n) is 1.79. The van der Waals surface area contributed by atoms with Crippen molar-refractivity contribution in [2.24, 2.45) is 0 Å². The first-order valence-electron chi connectivity index (χ1n) is 5.95. The van der Waals surface area contributed by atoms with Gasteiger partial charge in [0, 0.05) is 9.50 Å². The summed E-state index contributed by atoms with van der Waals surface area (Å²) in [7, 11) is -3.90. The Morgan fingerprint density at radius 3 is 2.48 bits per heavy atom. The van der Waals surface area contributed by atoms with Crippen molar-refractivity contribution in [2.45, 2.75) is 18.7 Å². The summed E-state index contributed by atoms with van der Waals surface area (Å²) in [6.45, 7) is 3.41. The second-order valence-electron chi connectivity index (χ2n) is 4.60. The minimum absolute atomic E-state index is 0.105. The summed E-state index contributed by atoms with van der Waals surface area (Å²) >= 11 is 9.28. The molecule has 0 fully saturated rings. The van der Waals surface area contributed by atoms with Crippen molar-refractivity contribution in [3.63, 3.8) is 0 Å². The molecule has 0 radical (unpaired) electrons. The highest BCUT2D eigenvalue weighted by Crippen LogP contribution is 2.31. The largest absolute Gasteiger partial charge is 0.278 e. The Morgan fingerprint density at radius 2 is 1.81 bits per heavy atom. The highest BCUT2D eigenvalue weighted by atomic mass is 79.9. The minimum Gasteiger partial charge on any atom is -0.278 e. The molecular weight excluding hydrogens is 381 g/mol. The Balaban J connectivity index is 2.47. The number of benzene rings is 2. The summed E-state index contributed by atoms with van der Waals surface area (Å²) in [5, 5.41) is 0.437. The van der Waals surface area contributed by atoms with E-state index < -0.39 is 15.8 Å². The van der Waals surface area contributed by atoms with Crippen LogP contribution in [0.25, 0.3) is 0 Å². The normalized spacial score (nSPS) is 11.5. The van der Waals surface area contributed by atoms with Crippen LogP contribution in [-0.2, 0) is 10.0 Å². The number of hydrogen-bond acceptors (Lipinski definition) is 2. The third-order valence-electron chi connectivity index (χ3n) is 2.93. The molecule has 0 aliphatic rings. The van der Waals surface area contributed by atoms with Crippen molar-refractivity contribution >= 4 is 43.2 Å². The summed E-state index contributed by atoms with van der Waals surface area (Å²) in [6, 6.07) is 6.83. The highest BCUT2D eigenvalue weighted by molar-refractivity contribution is 9.10. The zero-order valence-electron chi connectivity index (χ0n) is 11.2. The number of halogens is 3. The van der Waals surface area contributed by atoms with Gasteiger partial charge in [0.05, 0.1) is 10.6 Å². The molecular formula is C14H12BrClFNO2S. The summed E-state index contributed by atoms with van der Waals surface area (Å²) in [5.41, 5.74) is 1.57. The molecule has 2 aromatic rings. The molecule has 0 bridgehead atoms. The van der Waals surface area contributed by atoms with Crippen LogP contribution in [0.4, 0.5) is 10.1 Å².